The number of rotatable bonds is 3. The van der Waals surface area contributed by atoms with Gasteiger partial charge in [-0.25, -0.2) is 4.79 Å². The molecule has 1 heterocycles. The molecule has 7 heteroatoms. The number of carbonyl (C=O) groups is 1. The van der Waals surface area contributed by atoms with E-state index in [2.05, 4.69) is 4.98 Å². The molecule has 1 aliphatic rings. The van der Waals surface area contributed by atoms with Crippen molar-refractivity contribution in [3.8, 4) is 5.88 Å². The Balaban J connectivity index is 0.00000200. The van der Waals surface area contributed by atoms with E-state index in [-0.39, 0.29) is 63.8 Å². The fourth-order valence-corrected chi connectivity index (χ4v) is 2.62. The number of nitrogens with one attached hydrogen (secondary N) is 1. The molecule has 0 aliphatic heterocycles. The summed E-state index contributed by atoms with van der Waals surface area (Å²) in [5, 5.41) is 12.2. The molecular formula is C13H17KN2O4. The summed E-state index contributed by atoms with van der Waals surface area (Å²) in [6, 6.07) is -0.200. The van der Waals surface area contributed by atoms with Crippen molar-refractivity contribution in [3.63, 3.8) is 0 Å². The number of H-pyrrole nitrogens is 1. The van der Waals surface area contributed by atoms with E-state index < -0.39 is 28.5 Å². The summed E-state index contributed by atoms with van der Waals surface area (Å²) in [5.41, 5.74) is -1.98. The molecule has 0 unspecified atom stereocenters. The quantitative estimate of drug-likeness (QED) is 0.502. The molecule has 1 aromatic rings. The summed E-state index contributed by atoms with van der Waals surface area (Å²) in [6.45, 7) is 1.58. The van der Waals surface area contributed by atoms with Crippen molar-refractivity contribution >= 4 is 5.78 Å². The minimum Gasteiger partial charge on any atom is -0.859 e. The Morgan fingerprint density at radius 2 is 1.90 bits per heavy atom. The molecule has 0 bridgehead atoms. The fourth-order valence-electron chi connectivity index (χ4n) is 2.62. The summed E-state index contributed by atoms with van der Waals surface area (Å²) in [6.07, 6.45) is 4.53. The van der Waals surface area contributed by atoms with E-state index in [1.807, 2.05) is 0 Å². The number of nitrogens with zero attached hydrogens (tertiary/aromatic N) is 1. The number of carbonyl (C=O) groups excluding carboxylic acids is 1. The molecule has 0 saturated heterocycles. The third-order valence-corrected chi connectivity index (χ3v) is 3.64. The molecule has 0 aromatic carbocycles. The zero-order chi connectivity index (χ0) is 14.0. The summed E-state index contributed by atoms with van der Waals surface area (Å²) >= 11 is 0. The molecule has 1 saturated carbocycles. The van der Waals surface area contributed by atoms with Gasteiger partial charge in [0.15, 0.2) is 5.78 Å². The molecule has 20 heavy (non-hydrogen) atoms. The van der Waals surface area contributed by atoms with Gasteiger partial charge in [0.05, 0.1) is 5.56 Å². The van der Waals surface area contributed by atoms with Crippen LogP contribution in [0.1, 0.15) is 61.8 Å². The second-order valence-electron chi connectivity index (χ2n) is 4.88. The number of Topliss-reactive ketones (excluding diaryl/α,β-unsaturated/α-hetero) is 1. The Labute approximate surface area is 159 Å². The minimum atomic E-state index is -0.867. The summed E-state index contributed by atoms with van der Waals surface area (Å²) < 4.78 is 1.06. The van der Waals surface area contributed by atoms with Crippen molar-refractivity contribution in [1.82, 2.24) is 9.55 Å². The van der Waals surface area contributed by atoms with E-state index >= 15 is 0 Å². The standard InChI is InChI=1S/C13H18N2O4.K/c1-2-9(16)10-11(17)14-13(19)15(12(10)18)8-6-4-3-5-7-8;/h8,18H,2-7H2,1H3,(H,14,17,19);/q;+1/p-1. The first-order chi connectivity index (χ1) is 9.06. The van der Waals surface area contributed by atoms with Crippen LogP contribution in [0.2, 0.25) is 0 Å². The number of aromatic amines is 1. The van der Waals surface area contributed by atoms with Gasteiger partial charge in [-0.2, -0.15) is 0 Å². The molecule has 104 valence electrons. The van der Waals surface area contributed by atoms with Gasteiger partial charge in [-0.1, -0.05) is 26.2 Å². The Morgan fingerprint density at radius 1 is 1.30 bits per heavy atom. The van der Waals surface area contributed by atoms with E-state index in [0.717, 1.165) is 36.7 Å². The first-order valence-corrected chi connectivity index (χ1v) is 6.65. The molecule has 1 aliphatic carbocycles. The van der Waals surface area contributed by atoms with E-state index in [0.29, 0.717) is 0 Å². The molecule has 0 radical (unpaired) electrons. The largest absolute Gasteiger partial charge is 1.00 e. The first kappa shape index (κ1) is 17.8. The van der Waals surface area contributed by atoms with Gasteiger partial charge in [-0.05, 0) is 18.7 Å². The van der Waals surface area contributed by atoms with E-state index in [9.17, 15) is 19.5 Å². The zero-order valence-corrected chi connectivity index (χ0v) is 15.0. The predicted octanol–water partition coefficient (Wildman–Crippen LogP) is -2.29. The van der Waals surface area contributed by atoms with Crippen molar-refractivity contribution in [2.45, 2.75) is 51.5 Å². The van der Waals surface area contributed by atoms with Gasteiger partial charge in [0.25, 0.3) is 5.56 Å². The Morgan fingerprint density at radius 3 is 2.45 bits per heavy atom. The molecule has 0 amide bonds. The summed E-state index contributed by atoms with van der Waals surface area (Å²) in [5.74, 6) is -1.25. The average molecular weight is 304 g/mol. The fraction of sp³-hybridized carbons (Fsp3) is 0.615. The van der Waals surface area contributed by atoms with Crippen LogP contribution in [-0.4, -0.2) is 15.3 Å². The molecule has 1 N–H and O–H groups in total. The number of hydrogen-bond donors (Lipinski definition) is 1. The maximum atomic E-state index is 12.2. The third-order valence-electron chi connectivity index (χ3n) is 3.64. The number of aromatic nitrogens is 2. The molecular weight excluding hydrogens is 287 g/mol. The van der Waals surface area contributed by atoms with Gasteiger partial charge in [0.2, 0.25) is 0 Å². The van der Waals surface area contributed by atoms with Crippen LogP contribution in [0.15, 0.2) is 9.59 Å². The van der Waals surface area contributed by atoms with Gasteiger partial charge in [-0.15, -0.1) is 0 Å². The summed E-state index contributed by atoms with van der Waals surface area (Å²) in [4.78, 5) is 37.2. The molecule has 1 aromatic heterocycles. The van der Waals surface area contributed by atoms with E-state index in [1.165, 1.54) is 0 Å². The van der Waals surface area contributed by atoms with Gasteiger partial charge in [0.1, 0.15) is 0 Å². The molecule has 1 fully saturated rings. The molecule has 2 rings (SSSR count). The Bertz CT molecular complexity index is 599. The van der Waals surface area contributed by atoms with Gasteiger partial charge < -0.3 is 9.67 Å². The van der Waals surface area contributed by atoms with Crippen LogP contribution >= 0.6 is 0 Å². The maximum absolute atomic E-state index is 12.2. The Kier molecular flexibility index (Phi) is 6.87. The monoisotopic (exact) mass is 304 g/mol. The van der Waals surface area contributed by atoms with Gasteiger partial charge in [0, 0.05) is 12.5 Å². The van der Waals surface area contributed by atoms with Crippen molar-refractivity contribution in [3.05, 3.63) is 26.4 Å². The van der Waals surface area contributed by atoms with Crippen LogP contribution in [0.4, 0.5) is 0 Å². The van der Waals surface area contributed by atoms with Crippen LogP contribution in [0.5, 0.6) is 5.88 Å². The van der Waals surface area contributed by atoms with E-state index in [1.54, 1.807) is 6.92 Å². The topological polar surface area (TPSA) is 95.0 Å². The van der Waals surface area contributed by atoms with Gasteiger partial charge >= 0.3 is 57.1 Å². The third kappa shape index (κ3) is 3.51. The van der Waals surface area contributed by atoms with Crippen LogP contribution in [-0.2, 0) is 0 Å². The van der Waals surface area contributed by atoms with Crippen LogP contribution in [0.25, 0.3) is 0 Å². The molecule has 6 nitrogen and oxygen atoms in total. The predicted molar refractivity (Wildman–Crippen MR) is 67.5 cm³/mol. The van der Waals surface area contributed by atoms with Crippen molar-refractivity contribution in [1.29, 1.82) is 0 Å². The van der Waals surface area contributed by atoms with Crippen molar-refractivity contribution < 1.29 is 61.3 Å². The normalized spacial score (nSPS) is 15.7. The van der Waals surface area contributed by atoms with E-state index in [4.69, 9.17) is 0 Å². The Hall–Kier alpha value is -0.214. The number of hydrogen-bond acceptors (Lipinski definition) is 4. The zero-order valence-electron chi connectivity index (χ0n) is 11.9. The SMILES string of the molecule is CCC(=O)c1c([O-])n(C2CCCCC2)c(=O)[nH]c1=O.[K+]. The second kappa shape index (κ2) is 7.70. The number of ketones is 1. The average Bonchev–Trinajstić information content (AvgIpc) is 2.39. The van der Waals surface area contributed by atoms with Crippen molar-refractivity contribution in [2.24, 2.45) is 0 Å². The van der Waals surface area contributed by atoms with Gasteiger partial charge in [-0.3, -0.25) is 14.6 Å². The van der Waals surface area contributed by atoms with Crippen LogP contribution < -0.4 is 67.7 Å². The first-order valence-electron chi connectivity index (χ1n) is 6.65. The second-order valence-corrected chi connectivity index (χ2v) is 4.88. The molecule has 0 atom stereocenters. The smallest absolute Gasteiger partial charge is 0.859 e. The minimum absolute atomic E-state index is 0. The van der Waals surface area contributed by atoms with Crippen molar-refractivity contribution in [2.75, 3.05) is 0 Å². The van der Waals surface area contributed by atoms with Crippen LogP contribution in [0.3, 0.4) is 0 Å². The maximum Gasteiger partial charge on any atom is 1.00 e. The van der Waals surface area contributed by atoms with Crippen LogP contribution in [0, 0.1) is 0 Å². The molecule has 0 spiro atoms. The summed E-state index contributed by atoms with van der Waals surface area (Å²) in [7, 11) is 0.